The normalized spacial score (nSPS) is 13.2. The molecule has 114 valence electrons. The second kappa shape index (κ2) is 6.23. The van der Waals surface area contributed by atoms with E-state index < -0.39 is 10.8 Å². The van der Waals surface area contributed by atoms with Crippen LogP contribution in [0.25, 0.3) is 0 Å². The second-order valence-electron chi connectivity index (χ2n) is 6.10. The van der Waals surface area contributed by atoms with Crippen LogP contribution in [-0.4, -0.2) is 26.9 Å². The van der Waals surface area contributed by atoms with E-state index in [9.17, 15) is 4.21 Å². The molecule has 1 heterocycles. The van der Waals surface area contributed by atoms with Crippen molar-refractivity contribution in [2.24, 2.45) is 0 Å². The molecule has 0 bridgehead atoms. The third kappa shape index (κ3) is 4.11. The van der Waals surface area contributed by atoms with E-state index in [-0.39, 0.29) is 5.41 Å². The Bertz CT molecular complexity index is 629. The predicted octanol–water partition coefficient (Wildman–Crippen LogP) is 3.21. The third-order valence-corrected chi connectivity index (χ3v) is 4.85. The Kier molecular flexibility index (Phi) is 4.78. The monoisotopic (exact) mass is 323 g/mol. The highest BCUT2D eigenvalue weighted by Crippen LogP contribution is 2.25. The van der Waals surface area contributed by atoms with E-state index in [1.807, 2.05) is 31.3 Å². The van der Waals surface area contributed by atoms with Crippen molar-refractivity contribution in [3.05, 3.63) is 35.7 Å². The Morgan fingerprint density at radius 2 is 1.86 bits per heavy atom. The number of nitrogens with zero attached hydrogens (tertiary/aromatic N) is 3. The van der Waals surface area contributed by atoms with Crippen LogP contribution >= 0.6 is 11.5 Å². The van der Waals surface area contributed by atoms with Crippen molar-refractivity contribution in [3.8, 4) is 0 Å². The molecule has 2 aromatic rings. The van der Waals surface area contributed by atoms with E-state index in [2.05, 4.69) is 35.0 Å². The van der Waals surface area contributed by atoms with Crippen LogP contribution in [0.15, 0.2) is 29.2 Å². The maximum atomic E-state index is 11.4. The molecule has 1 aromatic carbocycles. The molecule has 21 heavy (non-hydrogen) atoms. The van der Waals surface area contributed by atoms with Gasteiger partial charge >= 0.3 is 0 Å². The van der Waals surface area contributed by atoms with Gasteiger partial charge in [-0.3, -0.25) is 4.21 Å². The highest BCUT2D eigenvalue weighted by Gasteiger charge is 2.20. The zero-order valence-electron chi connectivity index (χ0n) is 13.1. The van der Waals surface area contributed by atoms with Gasteiger partial charge in [0.05, 0.1) is 0 Å². The average molecular weight is 323 g/mol. The highest BCUT2D eigenvalue weighted by molar-refractivity contribution is 7.84. The number of hydrogen-bond donors (Lipinski definition) is 0. The fourth-order valence-corrected chi connectivity index (χ4v) is 3.14. The Labute approximate surface area is 132 Å². The molecule has 0 radical (unpaired) electrons. The van der Waals surface area contributed by atoms with Crippen molar-refractivity contribution in [3.63, 3.8) is 0 Å². The molecule has 1 unspecified atom stereocenters. The van der Waals surface area contributed by atoms with Gasteiger partial charge in [0.1, 0.15) is 5.82 Å². The molecule has 0 fully saturated rings. The smallest absolute Gasteiger partial charge is 0.205 e. The molecule has 2 rings (SSSR count). The number of anilines is 1. The topological polar surface area (TPSA) is 46.1 Å². The minimum Gasteiger partial charge on any atom is -0.346 e. The third-order valence-electron chi connectivity index (χ3n) is 3.09. The van der Waals surface area contributed by atoms with Crippen molar-refractivity contribution >= 4 is 27.5 Å². The summed E-state index contributed by atoms with van der Waals surface area (Å²) in [6.45, 7) is 7.10. The molecule has 0 aliphatic rings. The molecular formula is C15H21N3OS2. The van der Waals surface area contributed by atoms with Crippen molar-refractivity contribution in [1.29, 1.82) is 0 Å². The highest BCUT2D eigenvalue weighted by atomic mass is 32.2. The van der Waals surface area contributed by atoms with E-state index in [0.717, 1.165) is 22.4 Å². The van der Waals surface area contributed by atoms with Crippen molar-refractivity contribution in [2.45, 2.75) is 37.6 Å². The standard InChI is InChI=1S/C15H21N3OS2/c1-15(2,3)13-16-14(20-17-13)18(4)10-11-6-8-12(9-7-11)21(5)19/h6-9H,10H2,1-5H3. The van der Waals surface area contributed by atoms with Gasteiger partial charge in [0.15, 0.2) is 0 Å². The molecule has 0 saturated heterocycles. The van der Waals surface area contributed by atoms with Crippen molar-refractivity contribution in [1.82, 2.24) is 9.36 Å². The van der Waals surface area contributed by atoms with Gasteiger partial charge in [0, 0.05) is 52.5 Å². The average Bonchev–Trinajstić information content (AvgIpc) is 2.88. The van der Waals surface area contributed by atoms with Gasteiger partial charge in [-0.2, -0.15) is 4.37 Å². The Hall–Kier alpha value is -1.27. The lowest BCUT2D eigenvalue weighted by atomic mass is 9.96. The van der Waals surface area contributed by atoms with Gasteiger partial charge in [-0.15, -0.1) is 0 Å². The van der Waals surface area contributed by atoms with Crippen LogP contribution in [0.2, 0.25) is 0 Å². The Morgan fingerprint density at radius 1 is 1.24 bits per heavy atom. The molecule has 4 nitrogen and oxygen atoms in total. The molecule has 0 aliphatic heterocycles. The number of hydrogen-bond acceptors (Lipinski definition) is 5. The Morgan fingerprint density at radius 3 is 2.33 bits per heavy atom. The van der Waals surface area contributed by atoms with Crippen LogP contribution in [0, 0.1) is 0 Å². The molecule has 1 atom stereocenters. The maximum Gasteiger partial charge on any atom is 0.205 e. The molecule has 1 aromatic heterocycles. The van der Waals surface area contributed by atoms with Crippen LogP contribution in [0.5, 0.6) is 0 Å². The molecule has 0 amide bonds. The predicted molar refractivity (Wildman–Crippen MR) is 89.5 cm³/mol. The first kappa shape index (κ1) is 16.1. The fourth-order valence-electron chi connectivity index (χ4n) is 1.80. The van der Waals surface area contributed by atoms with E-state index >= 15 is 0 Å². The summed E-state index contributed by atoms with van der Waals surface area (Å²) in [5.74, 6) is 0.881. The molecule has 0 N–H and O–H groups in total. The largest absolute Gasteiger partial charge is 0.346 e. The van der Waals surface area contributed by atoms with Gasteiger partial charge in [0.2, 0.25) is 5.13 Å². The first-order valence-corrected chi connectivity index (χ1v) is 9.08. The first-order chi connectivity index (χ1) is 9.77. The number of aromatic nitrogens is 2. The lowest BCUT2D eigenvalue weighted by Gasteiger charge is -2.16. The summed E-state index contributed by atoms with van der Waals surface area (Å²) in [4.78, 5) is 7.55. The van der Waals surface area contributed by atoms with E-state index in [1.165, 1.54) is 17.1 Å². The molecule has 0 aliphatic carbocycles. The first-order valence-electron chi connectivity index (χ1n) is 6.75. The fraction of sp³-hybridized carbons (Fsp3) is 0.467. The lowest BCUT2D eigenvalue weighted by Crippen LogP contribution is -2.18. The number of rotatable bonds is 4. The maximum absolute atomic E-state index is 11.4. The summed E-state index contributed by atoms with van der Waals surface area (Å²) >= 11 is 1.43. The molecule has 0 saturated carbocycles. The van der Waals surface area contributed by atoms with E-state index in [0.29, 0.717) is 0 Å². The quantitative estimate of drug-likeness (QED) is 0.867. The van der Waals surface area contributed by atoms with Gasteiger partial charge < -0.3 is 4.90 Å². The number of benzene rings is 1. The van der Waals surface area contributed by atoms with Crippen molar-refractivity contribution < 1.29 is 4.21 Å². The summed E-state index contributed by atoms with van der Waals surface area (Å²) in [7, 11) is 1.09. The summed E-state index contributed by atoms with van der Waals surface area (Å²) < 4.78 is 15.8. The van der Waals surface area contributed by atoms with Crippen LogP contribution in [-0.2, 0) is 22.8 Å². The zero-order valence-corrected chi connectivity index (χ0v) is 14.7. The lowest BCUT2D eigenvalue weighted by molar-refractivity contribution is 0.554. The molecule has 0 spiro atoms. The summed E-state index contributed by atoms with van der Waals surface area (Å²) in [5, 5.41) is 0.920. The van der Waals surface area contributed by atoms with Gasteiger partial charge in [-0.25, -0.2) is 4.98 Å². The zero-order chi connectivity index (χ0) is 15.6. The molecular weight excluding hydrogens is 302 g/mol. The minimum atomic E-state index is -0.926. The van der Waals surface area contributed by atoms with Crippen LogP contribution < -0.4 is 4.90 Å². The van der Waals surface area contributed by atoms with E-state index in [4.69, 9.17) is 0 Å². The van der Waals surface area contributed by atoms with E-state index in [1.54, 1.807) is 6.26 Å². The van der Waals surface area contributed by atoms with Crippen molar-refractivity contribution in [2.75, 3.05) is 18.2 Å². The SMILES string of the molecule is CN(Cc1ccc(S(C)=O)cc1)c1nc(C(C)(C)C)ns1. The van der Waals surface area contributed by atoms with Gasteiger partial charge in [-0.05, 0) is 17.7 Å². The van der Waals surface area contributed by atoms with Crippen LogP contribution in [0.4, 0.5) is 5.13 Å². The summed E-state index contributed by atoms with van der Waals surface area (Å²) in [6, 6.07) is 7.86. The minimum absolute atomic E-state index is 0.0254. The summed E-state index contributed by atoms with van der Waals surface area (Å²) in [5.41, 5.74) is 1.14. The van der Waals surface area contributed by atoms with Gasteiger partial charge in [-0.1, -0.05) is 32.9 Å². The van der Waals surface area contributed by atoms with Gasteiger partial charge in [0.25, 0.3) is 0 Å². The summed E-state index contributed by atoms with van der Waals surface area (Å²) in [6.07, 6.45) is 1.69. The molecule has 6 heteroatoms. The van der Waals surface area contributed by atoms with Crippen LogP contribution in [0.1, 0.15) is 32.2 Å². The van der Waals surface area contributed by atoms with Crippen LogP contribution in [0.3, 0.4) is 0 Å². The Balaban J connectivity index is 2.09. The second-order valence-corrected chi connectivity index (χ2v) is 8.21.